The van der Waals surface area contributed by atoms with E-state index in [1.54, 1.807) is 13.0 Å². The van der Waals surface area contributed by atoms with Crippen molar-refractivity contribution in [2.45, 2.75) is 32.7 Å². The van der Waals surface area contributed by atoms with Gasteiger partial charge in [-0.25, -0.2) is 8.78 Å². The summed E-state index contributed by atoms with van der Waals surface area (Å²) in [6.07, 6.45) is 1.23. The van der Waals surface area contributed by atoms with E-state index in [1.165, 1.54) is 6.07 Å². The number of rotatable bonds is 6. The molecule has 4 nitrogen and oxygen atoms in total. The van der Waals surface area contributed by atoms with E-state index in [2.05, 4.69) is 5.32 Å². The number of nitrogens with zero attached hydrogens (tertiary/aromatic N) is 2. The standard InChI is InChI=1S/C15H14ClF2N3OS/c1-3-5-10(15(23)22-4-2)21-14-9(7-20)12(17)8(6-19)13(18)11(14)16/h10,21H,3-5H2,1-2H3/t10-/m1/s1. The normalized spacial score (nSPS) is 11.3. The molecule has 0 aliphatic heterocycles. The molecule has 1 aromatic carbocycles. The first-order chi connectivity index (χ1) is 10.9. The highest BCUT2D eigenvalue weighted by Gasteiger charge is 2.26. The summed E-state index contributed by atoms with van der Waals surface area (Å²) >= 11 is 11.0. The van der Waals surface area contributed by atoms with Crippen LogP contribution in [0.1, 0.15) is 37.8 Å². The predicted octanol–water partition coefficient (Wildman–Crippen LogP) is 4.31. The minimum Gasteiger partial charge on any atom is -0.485 e. The van der Waals surface area contributed by atoms with Crippen LogP contribution in [0.3, 0.4) is 0 Å². The lowest BCUT2D eigenvalue weighted by atomic mass is 10.1. The molecule has 23 heavy (non-hydrogen) atoms. The van der Waals surface area contributed by atoms with Crippen LogP contribution in [0.4, 0.5) is 14.5 Å². The summed E-state index contributed by atoms with van der Waals surface area (Å²) in [5.41, 5.74) is -1.66. The van der Waals surface area contributed by atoms with E-state index < -0.39 is 33.8 Å². The molecule has 8 heteroatoms. The van der Waals surface area contributed by atoms with Gasteiger partial charge in [0.2, 0.25) is 0 Å². The zero-order chi connectivity index (χ0) is 17.6. The molecule has 0 aromatic heterocycles. The van der Waals surface area contributed by atoms with Gasteiger partial charge in [-0.15, -0.1) is 0 Å². The van der Waals surface area contributed by atoms with Crippen molar-refractivity contribution in [2.24, 2.45) is 0 Å². The van der Waals surface area contributed by atoms with Gasteiger partial charge in [-0.2, -0.15) is 10.5 Å². The first-order valence-corrected chi connectivity index (χ1v) is 7.65. The van der Waals surface area contributed by atoms with Crippen molar-refractivity contribution in [3.8, 4) is 12.1 Å². The van der Waals surface area contributed by atoms with Crippen LogP contribution in [0.15, 0.2) is 0 Å². The topological polar surface area (TPSA) is 68.8 Å². The molecule has 0 spiro atoms. The van der Waals surface area contributed by atoms with Crippen LogP contribution in [0.2, 0.25) is 5.02 Å². The third kappa shape index (κ3) is 4.07. The smallest absolute Gasteiger partial charge is 0.181 e. The number of benzene rings is 1. The van der Waals surface area contributed by atoms with Crippen LogP contribution in [0.25, 0.3) is 0 Å². The Kier molecular flexibility index (Phi) is 7.15. The summed E-state index contributed by atoms with van der Waals surface area (Å²) in [4.78, 5) is 0. The number of nitriles is 2. The van der Waals surface area contributed by atoms with Crippen molar-refractivity contribution in [3.63, 3.8) is 0 Å². The van der Waals surface area contributed by atoms with Crippen LogP contribution in [0.5, 0.6) is 0 Å². The molecule has 0 saturated carbocycles. The van der Waals surface area contributed by atoms with Crippen molar-refractivity contribution in [2.75, 3.05) is 11.9 Å². The molecule has 0 radical (unpaired) electrons. The zero-order valence-corrected chi connectivity index (χ0v) is 14.1. The van der Waals surface area contributed by atoms with E-state index in [0.717, 1.165) is 0 Å². The molecule has 0 aliphatic rings. The van der Waals surface area contributed by atoms with Crippen LogP contribution >= 0.6 is 23.8 Å². The molecule has 1 N–H and O–H groups in total. The lowest BCUT2D eigenvalue weighted by molar-refractivity contribution is 0.321. The summed E-state index contributed by atoms with van der Waals surface area (Å²) in [5, 5.41) is 20.4. The molecule has 0 saturated heterocycles. The Morgan fingerprint density at radius 1 is 1.26 bits per heavy atom. The molecular formula is C15H14ClF2N3OS. The molecule has 0 unspecified atom stereocenters. The monoisotopic (exact) mass is 357 g/mol. The van der Waals surface area contributed by atoms with Crippen molar-refractivity contribution in [1.29, 1.82) is 10.5 Å². The van der Waals surface area contributed by atoms with E-state index in [-0.39, 0.29) is 10.7 Å². The highest BCUT2D eigenvalue weighted by molar-refractivity contribution is 7.80. The molecule has 0 heterocycles. The fourth-order valence-electron chi connectivity index (χ4n) is 1.95. The van der Waals surface area contributed by atoms with E-state index in [4.69, 9.17) is 39.1 Å². The molecule has 1 rings (SSSR count). The summed E-state index contributed by atoms with van der Waals surface area (Å²) in [6, 6.07) is 2.42. The third-order valence-electron chi connectivity index (χ3n) is 3.01. The Bertz CT molecular complexity index is 698. The van der Waals surface area contributed by atoms with Crippen molar-refractivity contribution in [1.82, 2.24) is 0 Å². The minimum absolute atomic E-state index is 0.208. The molecule has 0 bridgehead atoms. The number of hydrogen-bond acceptors (Lipinski definition) is 5. The van der Waals surface area contributed by atoms with Gasteiger partial charge in [-0.3, -0.25) is 0 Å². The lowest BCUT2D eigenvalue weighted by Gasteiger charge is -2.22. The highest BCUT2D eigenvalue weighted by atomic mass is 35.5. The van der Waals surface area contributed by atoms with Gasteiger partial charge in [0.05, 0.1) is 18.3 Å². The van der Waals surface area contributed by atoms with Gasteiger partial charge in [0.15, 0.2) is 16.7 Å². The van der Waals surface area contributed by atoms with Gasteiger partial charge in [-0.1, -0.05) is 24.9 Å². The number of nitrogens with one attached hydrogen (secondary N) is 1. The van der Waals surface area contributed by atoms with Crippen LogP contribution in [0, 0.1) is 34.3 Å². The second kappa shape index (κ2) is 8.61. The van der Waals surface area contributed by atoms with E-state index >= 15 is 0 Å². The second-order valence-corrected chi connectivity index (χ2v) is 5.31. The van der Waals surface area contributed by atoms with Crippen LogP contribution < -0.4 is 5.32 Å². The molecule has 0 aliphatic carbocycles. The number of hydrogen-bond donors (Lipinski definition) is 1. The zero-order valence-electron chi connectivity index (χ0n) is 12.5. The van der Waals surface area contributed by atoms with E-state index in [0.29, 0.717) is 19.4 Å². The molecule has 0 amide bonds. The lowest BCUT2D eigenvalue weighted by Crippen LogP contribution is -2.30. The number of ether oxygens (including phenoxy) is 1. The summed E-state index contributed by atoms with van der Waals surface area (Å²) < 4.78 is 33.4. The van der Waals surface area contributed by atoms with Gasteiger partial charge in [0.1, 0.15) is 28.3 Å². The average Bonchev–Trinajstić information content (AvgIpc) is 2.52. The Balaban J connectivity index is 3.39. The first-order valence-electron chi connectivity index (χ1n) is 6.86. The van der Waals surface area contributed by atoms with E-state index in [9.17, 15) is 8.78 Å². The summed E-state index contributed by atoms with van der Waals surface area (Å²) in [7, 11) is 0. The van der Waals surface area contributed by atoms with Crippen LogP contribution in [-0.4, -0.2) is 17.7 Å². The maximum Gasteiger partial charge on any atom is 0.181 e. The van der Waals surface area contributed by atoms with Crippen molar-refractivity contribution < 1.29 is 13.5 Å². The number of anilines is 1. The number of halogens is 3. The molecule has 1 aromatic rings. The predicted molar refractivity (Wildman–Crippen MR) is 87.3 cm³/mol. The van der Waals surface area contributed by atoms with Gasteiger partial charge in [-0.05, 0) is 25.6 Å². The Morgan fingerprint density at radius 3 is 2.35 bits per heavy atom. The first kappa shape index (κ1) is 19.1. The van der Waals surface area contributed by atoms with Gasteiger partial charge in [0, 0.05) is 0 Å². The molecule has 0 fully saturated rings. The maximum atomic E-state index is 14.1. The minimum atomic E-state index is -1.25. The Morgan fingerprint density at radius 2 is 1.87 bits per heavy atom. The fraction of sp³-hybridized carbons (Fsp3) is 0.400. The Labute approximate surface area is 143 Å². The maximum absolute atomic E-state index is 14.1. The van der Waals surface area contributed by atoms with E-state index in [1.807, 2.05) is 6.92 Å². The molecule has 122 valence electrons. The Hall–Kier alpha value is -1.96. The third-order valence-corrected chi connectivity index (χ3v) is 3.77. The molecular weight excluding hydrogens is 344 g/mol. The highest BCUT2D eigenvalue weighted by Crippen LogP contribution is 2.34. The fourth-order valence-corrected chi connectivity index (χ4v) is 2.49. The quantitative estimate of drug-likeness (QED) is 0.607. The SMILES string of the molecule is CCC[C@@H](Nc1c(Cl)c(F)c(C#N)c(F)c1C#N)C(=S)OCC. The van der Waals surface area contributed by atoms with Crippen LogP contribution in [-0.2, 0) is 4.74 Å². The molecule has 1 atom stereocenters. The summed E-state index contributed by atoms with van der Waals surface area (Å²) in [6.45, 7) is 4.00. The largest absolute Gasteiger partial charge is 0.485 e. The number of thiocarbonyl (C=S) groups is 1. The van der Waals surface area contributed by atoms with Gasteiger partial charge < -0.3 is 10.1 Å². The van der Waals surface area contributed by atoms with Gasteiger partial charge >= 0.3 is 0 Å². The van der Waals surface area contributed by atoms with Crippen molar-refractivity contribution in [3.05, 3.63) is 27.8 Å². The van der Waals surface area contributed by atoms with Gasteiger partial charge in [0.25, 0.3) is 0 Å². The second-order valence-electron chi connectivity index (χ2n) is 4.53. The average molecular weight is 358 g/mol. The summed E-state index contributed by atoms with van der Waals surface area (Å²) in [5.74, 6) is -2.47. The van der Waals surface area contributed by atoms with Crippen molar-refractivity contribution >= 4 is 34.6 Å².